The first-order valence-corrected chi connectivity index (χ1v) is 5.90. The van der Waals surface area contributed by atoms with Crippen LogP contribution in [0.5, 0.6) is 0 Å². The van der Waals surface area contributed by atoms with Crippen LogP contribution in [-0.4, -0.2) is 17.5 Å². The maximum absolute atomic E-state index is 11.1. The fourth-order valence-corrected chi connectivity index (χ4v) is 4.51. The van der Waals surface area contributed by atoms with Crippen molar-refractivity contribution in [1.29, 1.82) is 0 Å². The first kappa shape index (κ1) is 7.39. The van der Waals surface area contributed by atoms with E-state index in [2.05, 4.69) is 0 Å². The van der Waals surface area contributed by atoms with Gasteiger partial charge in [0.2, 0.25) is 0 Å². The van der Waals surface area contributed by atoms with Gasteiger partial charge in [0.05, 0.1) is 6.10 Å². The van der Waals surface area contributed by atoms with E-state index < -0.39 is 0 Å². The molecule has 1 heterocycles. The molecule has 0 aromatic rings. The molecule has 0 amide bonds. The molecule has 6 aliphatic rings. The Morgan fingerprint density at radius 1 is 1.20 bits per heavy atom. The molecule has 0 radical (unpaired) electrons. The molecule has 15 heavy (non-hydrogen) atoms. The molecular weight excluding hydrogens is 188 g/mol. The van der Waals surface area contributed by atoms with Gasteiger partial charge in [-0.25, -0.2) is 0 Å². The zero-order chi connectivity index (χ0) is 9.78. The Morgan fingerprint density at radius 3 is 2.67 bits per heavy atom. The van der Waals surface area contributed by atoms with Gasteiger partial charge in [0.15, 0.2) is 5.78 Å². The van der Waals surface area contributed by atoms with Crippen LogP contribution in [-0.2, 0) is 9.53 Å². The van der Waals surface area contributed by atoms with Crippen molar-refractivity contribution in [3.8, 4) is 0 Å². The van der Waals surface area contributed by atoms with Crippen LogP contribution in [0.3, 0.4) is 0 Å². The maximum Gasteiger partial charge on any atom is 0.178 e. The Labute approximate surface area is 88.0 Å². The number of carbonyl (C=O) groups excluding carboxylic acids is 1. The van der Waals surface area contributed by atoms with Crippen molar-refractivity contribution >= 4 is 5.78 Å². The smallest absolute Gasteiger partial charge is 0.178 e. The summed E-state index contributed by atoms with van der Waals surface area (Å²) < 4.78 is 6.01. The molecule has 2 heteroatoms. The summed E-state index contributed by atoms with van der Waals surface area (Å²) in [5, 5.41) is 0. The van der Waals surface area contributed by atoms with Crippen LogP contribution >= 0.6 is 0 Å². The lowest BCUT2D eigenvalue weighted by molar-refractivity contribution is -0.245. The predicted octanol–water partition coefficient (Wildman–Crippen LogP) is 1.33. The minimum atomic E-state index is -0.179. The molecular formula is C13H12O2. The number of hydrogen-bond acceptors (Lipinski definition) is 2. The SMILES string of the molecule is O=C1C=CC2(C=C1)O[C@H]1CC3C4C3C4[C@H]12. The summed E-state index contributed by atoms with van der Waals surface area (Å²) in [7, 11) is 0. The Bertz CT molecular complexity index is 419. The zero-order valence-corrected chi connectivity index (χ0v) is 8.30. The Balaban J connectivity index is 1.54. The first-order chi connectivity index (χ1) is 7.30. The predicted molar refractivity (Wildman–Crippen MR) is 53.0 cm³/mol. The van der Waals surface area contributed by atoms with Crippen molar-refractivity contribution in [2.24, 2.45) is 29.6 Å². The van der Waals surface area contributed by atoms with E-state index in [9.17, 15) is 4.79 Å². The van der Waals surface area contributed by atoms with Crippen LogP contribution in [0.4, 0.5) is 0 Å². The van der Waals surface area contributed by atoms with Gasteiger partial charge in [-0.1, -0.05) is 0 Å². The van der Waals surface area contributed by atoms with E-state index in [4.69, 9.17) is 4.74 Å². The van der Waals surface area contributed by atoms with Gasteiger partial charge in [-0.3, -0.25) is 4.79 Å². The molecule has 0 aromatic heterocycles. The van der Waals surface area contributed by atoms with E-state index in [1.165, 1.54) is 6.42 Å². The molecule has 76 valence electrons. The van der Waals surface area contributed by atoms with E-state index in [-0.39, 0.29) is 11.4 Å². The first-order valence-electron chi connectivity index (χ1n) is 5.90. The lowest BCUT2D eigenvalue weighted by atomic mass is 9.63. The third-order valence-corrected chi connectivity index (χ3v) is 5.25. The van der Waals surface area contributed by atoms with Crippen LogP contribution in [0.25, 0.3) is 0 Å². The Kier molecular flexibility index (Phi) is 0.919. The van der Waals surface area contributed by atoms with Crippen molar-refractivity contribution in [3.05, 3.63) is 24.3 Å². The summed E-state index contributed by atoms with van der Waals surface area (Å²) in [4.78, 5) is 11.1. The van der Waals surface area contributed by atoms with Gasteiger partial charge in [0.1, 0.15) is 5.60 Å². The molecule has 2 nitrogen and oxygen atoms in total. The highest BCUT2D eigenvalue weighted by atomic mass is 16.5. The van der Waals surface area contributed by atoms with E-state index in [1.54, 1.807) is 12.2 Å². The zero-order valence-electron chi connectivity index (χ0n) is 8.30. The second kappa shape index (κ2) is 1.86. The number of carbonyl (C=O) groups is 1. The fourth-order valence-electron chi connectivity index (χ4n) is 4.51. The summed E-state index contributed by atoms with van der Waals surface area (Å²) in [5.74, 6) is 4.84. The molecule has 4 saturated carbocycles. The van der Waals surface area contributed by atoms with Gasteiger partial charge >= 0.3 is 0 Å². The van der Waals surface area contributed by atoms with Gasteiger partial charge in [-0.15, -0.1) is 0 Å². The van der Waals surface area contributed by atoms with Crippen molar-refractivity contribution < 1.29 is 9.53 Å². The lowest BCUT2D eigenvalue weighted by Crippen LogP contribution is -2.63. The maximum atomic E-state index is 11.1. The minimum absolute atomic E-state index is 0.0994. The highest BCUT2D eigenvalue weighted by Crippen LogP contribution is 2.84. The third-order valence-electron chi connectivity index (χ3n) is 5.25. The number of allylic oxidation sites excluding steroid dienone is 2. The number of rotatable bonds is 0. The standard InChI is InChI=1S/C13H12O2/c14-6-1-3-13(4-2-6)12-8(15-13)5-7-9-10(7)11(9)12/h1-4,7-12H,5H2/t7?,8-,9?,10?,11?,12-/m0/s1. The van der Waals surface area contributed by atoms with E-state index in [0.717, 1.165) is 23.7 Å². The van der Waals surface area contributed by atoms with E-state index in [0.29, 0.717) is 12.0 Å². The van der Waals surface area contributed by atoms with Crippen LogP contribution in [0.1, 0.15) is 6.42 Å². The summed E-state index contributed by atoms with van der Waals surface area (Å²) in [6, 6.07) is 0. The molecule has 1 spiro atoms. The largest absolute Gasteiger partial charge is 0.363 e. The number of ether oxygens (including phenoxy) is 1. The number of hydrogen-bond donors (Lipinski definition) is 0. The van der Waals surface area contributed by atoms with Crippen LogP contribution in [0.2, 0.25) is 0 Å². The molecule has 1 saturated heterocycles. The second-order valence-corrected chi connectivity index (χ2v) is 5.74. The normalized spacial score (nSPS) is 59.6. The topological polar surface area (TPSA) is 26.3 Å². The average molecular weight is 200 g/mol. The summed E-state index contributed by atoms with van der Waals surface area (Å²) in [6.07, 6.45) is 9.13. The molecule has 2 bridgehead atoms. The van der Waals surface area contributed by atoms with Gasteiger partial charge in [-0.2, -0.15) is 0 Å². The van der Waals surface area contributed by atoms with Crippen molar-refractivity contribution in [2.45, 2.75) is 18.1 Å². The van der Waals surface area contributed by atoms with Gasteiger partial charge < -0.3 is 4.74 Å². The third kappa shape index (κ3) is 0.644. The number of ketones is 1. The Morgan fingerprint density at radius 2 is 1.93 bits per heavy atom. The van der Waals surface area contributed by atoms with Crippen LogP contribution in [0.15, 0.2) is 24.3 Å². The van der Waals surface area contributed by atoms with Gasteiger partial charge in [0.25, 0.3) is 0 Å². The highest BCUT2D eigenvalue weighted by molar-refractivity contribution is 6.00. The van der Waals surface area contributed by atoms with Crippen molar-refractivity contribution in [1.82, 2.24) is 0 Å². The van der Waals surface area contributed by atoms with Crippen LogP contribution in [0, 0.1) is 29.6 Å². The van der Waals surface area contributed by atoms with Gasteiger partial charge in [0, 0.05) is 5.92 Å². The monoisotopic (exact) mass is 200 g/mol. The molecule has 1 aliphatic heterocycles. The second-order valence-electron chi connectivity index (χ2n) is 5.74. The van der Waals surface area contributed by atoms with E-state index >= 15 is 0 Å². The fraction of sp³-hybridized carbons (Fsp3) is 0.615. The molecule has 0 N–H and O–H groups in total. The summed E-state index contributed by atoms with van der Waals surface area (Å²) in [5.41, 5.74) is -0.179. The molecule has 5 aliphatic carbocycles. The highest BCUT2D eigenvalue weighted by Gasteiger charge is 2.83. The summed E-state index contributed by atoms with van der Waals surface area (Å²) in [6.45, 7) is 0. The quantitative estimate of drug-likeness (QED) is 0.589. The molecule has 0 aromatic carbocycles. The minimum Gasteiger partial charge on any atom is -0.363 e. The van der Waals surface area contributed by atoms with Crippen molar-refractivity contribution in [3.63, 3.8) is 0 Å². The molecule has 4 atom stereocenters. The molecule has 6 rings (SSSR count). The Hall–Kier alpha value is -0.890. The average Bonchev–Trinajstić information content (AvgIpc) is 3.09. The molecule has 5 fully saturated rings. The van der Waals surface area contributed by atoms with Crippen LogP contribution < -0.4 is 0 Å². The molecule has 2 unspecified atom stereocenters. The summed E-state index contributed by atoms with van der Waals surface area (Å²) >= 11 is 0. The van der Waals surface area contributed by atoms with E-state index in [1.807, 2.05) is 12.2 Å². The van der Waals surface area contributed by atoms with Crippen molar-refractivity contribution in [2.75, 3.05) is 0 Å². The lowest BCUT2D eigenvalue weighted by Gasteiger charge is -2.57. The van der Waals surface area contributed by atoms with Gasteiger partial charge in [-0.05, 0) is 54.4 Å².